The standard InChI is InChI=1S/C18H19ClN2O3S/c1-3-12-21(25(2,23)24)17-10-6-15(7-11-17)18(22)20-13-14-4-8-16(19)9-5-14/h3-11H,1,12-13H2,2H3,(H,20,22). The van der Waals surface area contributed by atoms with Crippen LogP contribution in [0.5, 0.6) is 0 Å². The molecule has 5 nitrogen and oxygen atoms in total. The number of nitrogens with one attached hydrogen (secondary N) is 1. The van der Waals surface area contributed by atoms with Gasteiger partial charge in [0.2, 0.25) is 10.0 Å². The van der Waals surface area contributed by atoms with Crippen molar-refractivity contribution in [3.63, 3.8) is 0 Å². The molecular formula is C18H19ClN2O3S. The molecule has 0 aliphatic heterocycles. The Kier molecular flexibility index (Phi) is 6.22. The van der Waals surface area contributed by atoms with Gasteiger partial charge in [-0.05, 0) is 42.0 Å². The molecular weight excluding hydrogens is 360 g/mol. The third-order valence-corrected chi connectivity index (χ3v) is 4.89. The summed E-state index contributed by atoms with van der Waals surface area (Å²) >= 11 is 5.82. The van der Waals surface area contributed by atoms with Gasteiger partial charge < -0.3 is 5.32 Å². The summed E-state index contributed by atoms with van der Waals surface area (Å²) in [6.07, 6.45) is 2.64. The largest absolute Gasteiger partial charge is 0.348 e. The van der Waals surface area contributed by atoms with Crippen molar-refractivity contribution in [2.75, 3.05) is 17.1 Å². The van der Waals surface area contributed by atoms with Gasteiger partial charge in [-0.15, -0.1) is 6.58 Å². The third-order valence-electron chi connectivity index (χ3n) is 3.48. The Morgan fingerprint density at radius 1 is 1.16 bits per heavy atom. The SMILES string of the molecule is C=CCN(c1ccc(C(=O)NCc2ccc(Cl)cc2)cc1)S(C)(=O)=O. The number of amides is 1. The van der Waals surface area contributed by atoms with Crippen LogP contribution in [0.1, 0.15) is 15.9 Å². The Morgan fingerprint density at radius 2 is 1.76 bits per heavy atom. The Balaban J connectivity index is 2.06. The van der Waals surface area contributed by atoms with Gasteiger partial charge in [0.25, 0.3) is 5.91 Å². The molecule has 0 radical (unpaired) electrons. The first-order valence-corrected chi connectivity index (χ1v) is 9.75. The predicted molar refractivity (Wildman–Crippen MR) is 101 cm³/mol. The summed E-state index contributed by atoms with van der Waals surface area (Å²) < 4.78 is 24.8. The van der Waals surface area contributed by atoms with Crippen molar-refractivity contribution in [2.45, 2.75) is 6.54 Å². The highest BCUT2D eigenvalue weighted by atomic mass is 35.5. The molecule has 2 aromatic carbocycles. The number of nitrogens with zero attached hydrogens (tertiary/aromatic N) is 1. The van der Waals surface area contributed by atoms with Gasteiger partial charge in [-0.2, -0.15) is 0 Å². The van der Waals surface area contributed by atoms with E-state index in [4.69, 9.17) is 11.6 Å². The van der Waals surface area contributed by atoms with Gasteiger partial charge in [-0.25, -0.2) is 8.42 Å². The minimum absolute atomic E-state index is 0.168. The van der Waals surface area contributed by atoms with E-state index in [0.717, 1.165) is 11.8 Å². The summed E-state index contributed by atoms with van der Waals surface area (Å²) in [4.78, 5) is 12.2. The molecule has 0 aromatic heterocycles. The van der Waals surface area contributed by atoms with Gasteiger partial charge in [0, 0.05) is 17.1 Å². The van der Waals surface area contributed by atoms with Crippen LogP contribution in [0.3, 0.4) is 0 Å². The average Bonchev–Trinajstić information content (AvgIpc) is 2.58. The zero-order valence-corrected chi connectivity index (χ0v) is 15.3. The summed E-state index contributed by atoms with van der Waals surface area (Å²) in [7, 11) is -3.41. The number of hydrogen-bond donors (Lipinski definition) is 1. The number of carbonyl (C=O) groups is 1. The molecule has 0 heterocycles. The molecule has 0 aliphatic carbocycles. The van der Waals surface area contributed by atoms with Gasteiger partial charge in [-0.1, -0.05) is 29.8 Å². The van der Waals surface area contributed by atoms with E-state index in [0.29, 0.717) is 22.8 Å². The van der Waals surface area contributed by atoms with Crippen LogP contribution in [0.25, 0.3) is 0 Å². The van der Waals surface area contributed by atoms with E-state index in [1.807, 2.05) is 12.1 Å². The number of hydrogen-bond acceptors (Lipinski definition) is 3. The Labute approximate surface area is 153 Å². The maximum absolute atomic E-state index is 12.2. The van der Waals surface area contributed by atoms with E-state index in [2.05, 4.69) is 11.9 Å². The van der Waals surface area contributed by atoms with Gasteiger partial charge in [0.15, 0.2) is 0 Å². The van der Waals surface area contributed by atoms with Gasteiger partial charge >= 0.3 is 0 Å². The number of sulfonamides is 1. The summed E-state index contributed by atoms with van der Waals surface area (Å²) in [5, 5.41) is 3.45. The van der Waals surface area contributed by atoms with Crippen LogP contribution in [0.15, 0.2) is 61.2 Å². The molecule has 0 fully saturated rings. The zero-order chi connectivity index (χ0) is 18.4. The van der Waals surface area contributed by atoms with Crippen molar-refractivity contribution >= 4 is 33.2 Å². The fraction of sp³-hybridized carbons (Fsp3) is 0.167. The molecule has 1 amide bonds. The summed E-state index contributed by atoms with van der Waals surface area (Å²) in [6.45, 7) is 4.11. The molecule has 0 bridgehead atoms. The van der Waals surface area contributed by atoms with Crippen molar-refractivity contribution in [1.29, 1.82) is 0 Å². The highest BCUT2D eigenvalue weighted by molar-refractivity contribution is 7.92. The number of carbonyl (C=O) groups excluding carboxylic acids is 1. The van der Waals surface area contributed by atoms with E-state index in [1.165, 1.54) is 10.4 Å². The summed E-state index contributed by atoms with van der Waals surface area (Å²) in [6, 6.07) is 13.6. The molecule has 0 atom stereocenters. The molecule has 2 rings (SSSR count). The lowest BCUT2D eigenvalue weighted by molar-refractivity contribution is 0.0951. The van der Waals surface area contributed by atoms with Crippen LogP contribution >= 0.6 is 11.6 Å². The first-order chi connectivity index (χ1) is 11.8. The van der Waals surface area contributed by atoms with E-state index in [1.54, 1.807) is 36.4 Å². The molecule has 0 saturated heterocycles. The molecule has 0 aliphatic rings. The molecule has 0 spiro atoms. The molecule has 7 heteroatoms. The predicted octanol–water partition coefficient (Wildman–Crippen LogP) is 3.22. The smallest absolute Gasteiger partial charge is 0.251 e. The Hall–Kier alpha value is -2.31. The lowest BCUT2D eigenvalue weighted by atomic mass is 10.1. The van der Waals surface area contributed by atoms with Crippen molar-refractivity contribution in [1.82, 2.24) is 5.32 Å². The summed E-state index contributed by atoms with van der Waals surface area (Å²) in [5.41, 5.74) is 1.87. The first kappa shape index (κ1) is 19.0. The lowest BCUT2D eigenvalue weighted by Crippen LogP contribution is -2.30. The quantitative estimate of drug-likeness (QED) is 0.752. The monoisotopic (exact) mass is 378 g/mol. The zero-order valence-electron chi connectivity index (χ0n) is 13.8. The molecule has 0 unspecified atom stereocenters. The number of rotatable bonds is 7. The molecule has 1 N–H and O–H groups in total. The maximum atomic E-state index is 12.2. The van der Waals surface area contributed by atoms with Crippen LogP contribution in [-0.2, 0) is 16.6 Å². The first-order valence-electron chi connectivity index (χ1n) is 7.52. The Morgan fingerprint density at radius 3 is 2.28 bits per heavy atom. The fourth-order valence-electron chi connectivity index (χ4n) is 2.22. The lowest BCUT2D eigenvalue weighted by Gasteiger charge is -2.20. The van der Waals surface area contributed by atoms with E-state index in [-0.39, 0.29) is 12.5 Å². The Bertz CT molecular complexity index is 847. The van der Waals surface area contributed by atoms with Crippen LogP contribution in [0.2, 0.25) is 5.02 Å². The van der Waals surface area contributed by atoms with Gasteiger partial charge in [0.05, 0.1) is 18.5 Å². The second kappa shape index (κ2) is 8.18. The van der Waals surface area contributed by atoms with Crippen molar-refractivity contribution in [3.8, 4) is 0 Å². The normalized spacial score (nSPS) is 11.0. The van der Waals surface area contributed by atoms with Gasteiger partial charge in [0.1, 0.15) is 0 Å². The van der Waals surface area contributed by atoms with Crippen LogP contribution < -0.4 is 9.62 Å². The van der Waals surface area contributed by atoms with Gasteiger partial charge in [-0.3, -0.25) is 9.10 Å². The highest BCUT2D eigenvalue weighted by Crippen LogP contribution is 2.18. The second-order valence-electron chi connectivity index (χ2n) is 5.44. The van der Waals surface area contributed by atoms with Crippen molar-refractivity contribution in [3.05, 3.63) is 77.3 Å². The molecule has 132 valence electrons. The van der Waals surface area contributed by atoms with Crippen molar-refractivity contribution in [2.24, 2.45) is 0 Å². The number of halogens is 1. The summed E-state index contributed by atoms with van der Waals surface area (Å²) in [5.74, 6) is -0.240. The minimum atomic E-state index is -3.41. The fourth-order valence-corrected chi connectivity index (χ4v) is 3.22. The topological polar surface area (TPSA) is 66.5 Å². The number of anilines is 1. The second-order valence-corrected chi connectivity index (χ2v) is 7.78. The van der Waals surface area contributed by atoms with Crippen LogP contribution in [0.4, 0.5) is 5.69 Å². The van der Waals surface area contributed by atoms with Crippen LogP contribution in [0, 0.1) is 0 Å². The molecule has 2 aromatic rings. The van der Waals surface area contributed by atoms with Crippen LogP contribution in [-0.4, -0.2) is 27.1 Å². The van der Waals surface area contributed by atoms with E-state index >= 15 is 0 Å². The number of benzene rings is 2. The van der Waals surface area contributed by atoms with Crippen molar-refractivity contribution < 1.29 is 13.2 Å². The average molecular weight is 379 g/mol. The van der Waals surface area contributed by atoms with E-state index < -0.39 is 10.0 Å². The third kappa shape index (κ3) is 5.34. The van der Waals surface area contributed by atoms with E-state index in [9.17, 15) is 13.2 Å². The molecule has 0 saturated carbocycles. The maximum Gasteiger partial charge on any atom is 0.251 e. The molecule has 25 heavy (non-hydrogen) atoms. The highest BCUT2D eigenvalue weighted by Gasteiger charge is 2.16. The minimum Gasteiger partial charge on any atom is -0.348 e.